The van der Waals surface area contributed by atoms with Gasteiger partial charge in [-0.05, 0) is 62.7 Å². The summed E-state index contributed by atoms with van der Waals surface area (Å²) < 4.78 is 2.34. The molecule has 0 radical (unpaired) electrons. The fourth-order valence-corrected chi connectivity index (χ4v) is 1.55. The maximum Gasteiger partial charge on any atom is 0.114 e. The standard InChI is InChI=1S/C8H9I2N/c1-5(2)6-3-7(9)8(10)11-4-6/h3-5H,1-2H3. The summed E-state index contributed by atoms with van der Waals surface area (Å²) in [6.07, 6.45) is 1.95. The molecule has 0 aliphatic heterocycles. The van der Waals surface area contributed by atoms with Crippen molar-refractivity contribution >= 4 is 45.2 Å². The fourth-order valence-electron chi connectivity index (χ4n) is 0.752. The van der Waals surface area contributed by atoms with E-state index in [0.29, 0.717) is 5.92 Å². The minimum Gasteiger partial charge on any atom is -0.249 e. The molecule has 0 saturated carbocycles. The molecule has 60 valence electrons. The number of halogens is 2. The molecule has 0 aliphatic rings. The lowest BCUT2D eigenvalue weighted by Gasteiger charge is -2.04. The van der Waals surface area contributed by atoms with Crippen molar-refractivity contribution in [1.29, 1.82) is 0 Å². The number of nitrogens with zero attached hydrogens (tertiary/aromatic N) is 1. The summed E-state index contributed by atoms with van der Waals surface area (Å²) in [4.78, 5) is 4.28. The second kappa shape index (κ2) is 4.02. The van der Waals surface area contributed by atoms with E-state index in [1.807, 2.05) is 6.20 Å². The molecule has 3 heteroatoms. The van der Waals surface area contributed by atoms with Crippen LogP contribution in [-0.2, 0) is 0 Å². The molecule has 1 heterocycles. The smallest absolute Gasteiger partial charge is 0.114 e. The number of pyridine rings is 1. The van der Waals surface area contributed by atoms with Crippen molar-refractivity contribution in [3.05, 3.63) is 25.1 Å². The SMILES string of the molecule is CC(C)c1cnc(I)c(I)c1. The van der Waals surface area contributed by atoms with Crippen LogP contribution in [0.15, 0.2) is 12.3 Å². The lowest BCUT2D eigenvalue weighted by Crippen LogP contribution is -1.92. The predicted molar refractivity (Wildman–Crippen MR) is 63.8 cm³/mol. The van der Waals surface area contributed by atoms with Gasteiger partial charge in [-0.3, -0.25) is 0 Å². The first-order chi connectivity index (χ1) is 5.11. The quantitative estimate of drug-likeness (QED) is 0.543. The Kier molecular flexibility index (Phi) is 3.54. The summed E-state index contributed by atoms with van der Waals surface area (Å²) in [5, 5.41) is 0. The van der Waals surface area contributed by atoms with Gasteiger partial charge in [0.05, 0.1) is 0 Å². The van der Waals surface area contributed by atoms with Crippen molar-refractivity contribution in [2.75, 3.05) is 0 Å². The molecule has 1 rings (SSSR count). The molecule has 1 nitrogen and oxygen atoms in total. The number of hydrogen-bond donors (Lipinski definition) is 0. The van der Waals surface area contributed by atoms with Crippen LogP contribution in [0.4, 0.5) is 0 Å². The average Bonchev–Trinajstić information content (AvgIpc) is 1.94. The van der Waals surface area contributed by atoms with Crippen molar-refractivity contribution < 1.29 is 0 Å². The van der Waals surface area contributed by atoms with E-state index in [0.717, 1.165) is 3.70 Å². The Morgan fingerprint density at radius 1 is 1.36 bits per heavy atom. The monoisotopic (exact) mass is 373 g/mol. The first-order valence-corrected chi connectivity index (χ1v) is 5.58. The average molecular weight is 373 g/mol. The molecule has 0 bridgehead atoms. The molecule has 0 atom stereocenters. The van der Waals surface area contributed by atoms with Crippen LogP contribution in [-0.4, -0.2) is 4.98 Å². The zero-order valence-electron chi connectivity index (χ0n) is 6.44. The minimum absolute atomic E-state index is 0.577. The summed E-state index contributed by atoms with van der Waals surface area (Å²) in [6.45, 7) is 4.36. The molecule has 11 heavy (non-hydrogen) atoms. The van der Waals surface area contributed by atoms with Gasteiger partial charge in [-0.2, -0.15) is 0 Å². The van der Waals surface area contributed by atoms with Gasteiger partial charge in [-0.25, -0.2) is 4.98 Å². The van der Waals surface area contributed by atoms with Crippen LogP contribution in [0.25, 0.3) is 0 Å². The third kappa shape index (κ3) is 2.54. The fraction of sp³-hybridized carbons (Fsp3) is 0.375. The van der Waals surface area contributed by atoms with Crippen LogP contribution in [0, 0.1) is 7.27 Å². The van der Waals surface area contributed by atoms with Crippen LogP contribution < -0.4 is 0 Å². The summed E-state index contributed by atoms with van der Waals surface area (Å²) in [6, 6.07) is 2.19. The third-order valence-electron chi connectivity index (χ3n) is 1.48. The molecule has 0 spiro atoms. The van der Waals surface area contributed by atoms with Crippen LogP contribution in [0.3, 0.4) is 0 Å². The van der Waals surface area contributed by atoms with Crippen molar-refractivity contribution in [3.8, 4) is 0 Å². The van der Waals surface area contributed by atoms with E-state index in [4.69, 9.17) is 0 Å². The lowest BCUT2D eigenvalue weighted by atomic mass is 10.1. The summed E-state index contributed by atoms with van der Waals surface area (Å²) >= 11 is 4.56. The van der Waals surface area contributed by atoms with Crippen molar-refractivity contribution in [1.82, 2.24) is 4.98 Å². The zero-order valence-corrected chi connectivity index (χ0v) is 10.8. The first kappa shape index (κ1) is 9.70. The van der Waals surface area contributed by atoms with E-state index in [-0.39, 0.29) is 0 Å². The Morgan fingerprint density at radius 3 is 2.45 bits per heavy atom. The Balaban J connectivity index is 3.05. The number of aromatic nitrogens is 1. The summed E-state index contributed by atoms with van der Waals surface area (Å²) in [5.74, 6) is 0.577. The third-order valence-corrected chi connectivity index (χ3v) is 4.20. The molecule has 0 aromatic carbocycles. The molecule has 0 aliphatic carbocycles. The lowest BCUT2D eigenvalue weighted by molar-refractivity contribution is 0.854. The van der Waals surface area contributed by atoms with Gasteiger partial charge >= 0.3 is 0 Å². The Bertz CT molecular complexity index is 258. The Morgan fingerprint density at radius 2 is 2.00 bits per heavy atom. The van der Waals surface area contributed by atoms with E-state index in [1.165, 1.54) is 9.13 Å². The van der Waals surface area contributed by atoms with E-state index < -0.39 is 0 Å². The van der Waals surface area contributed by atoms with Crippen LogP contribution >= 0.6 is 45.2 Å². The maximum atomic E-state index is 4.28. The maximum absolute atomic E-state index is 4.28. The molecule has 0 unspecified atom stereocenters. The van der Waals surface area contributed by atoms with Gasteiger partial charge in [0.25, 0.3) is 0 Å². The van der Waals surface area contributed by atoms with Crippen molar-refractivity contribution in [2.45, 2.75) is 19.8 Å². The van der Waals surface area contributed by atoms with Gasteiger partial charge in [0.2, 0.25) is 0 Å². The molecule has 0 saturated heterocycles. The van der Waals surface area contributed by atoms with E-state index >= 15 is 0 Å². The highest BCUT2D eigenvalue weighted by molar-refractivity contribution is 14.1. The highest BCUT2D eigenvalue weighted by atomic mass is 127. The van der Waals surface area contributed by atoms with Crippen LogP contribution in [0.5, 0.6) is 0 Å². The number of rotatable bonds is 1. The minimum atomic E-state index is 0.577. The van der Waals surface area contributed by atoms with Gasteiger partial charge in [-0.15, -0.1) is 0 Å². The highest BCUT2D eigenvalue weighted by Gasteiger charge is 2.02. The normalized spacial score (nSPS) is 10.6. The van der Waals surface area contributed by atoms with E-state index in [1.54, 1.807) is 0 Å². The van der Waals surface area contributed by atoms with E-state index in [2.05, 4.69) is 70.1 Å². The second-order valence-corrected chi connectivity index (χ2v) is 4.88. The molecular weight excluding hydrogens is 364 g/mol. The summed E-state index contributed by atoms with van der Waals surface area (Å²) in [5.41, 5.74) is 1.31. The first-order valence-electron chi connectivity index (χ1n) is 3.42. The van der Waals surface area contributed by atoms with Gasteiger partial charge in [-0.1, -0.05) is 13.8 Å². The largest absolute Gasteiger partial charge is 0.249 e. The van der Waals surface area contributed by atoms with Crippen LogP contribution in [0.1, 0.15) is 25.3 Å². The molecule has 1 aromatic rings. The van der Waals surface area contributed by atoms with Crippen molar-refractivity contribution in [3.63, 3.8) is 0 Å². The molecular formula is C8H9I2N. The van der Waals surface area contributed by atoms with Gasteiger partial charge < -0.3 is 0 Å². The zero-order chi connectivity index (χ0) is 8.43. The van der Waals surface area contributed by atoms with Gasteiger partial charge in [0, 0.05) is 9.77 Å². The Labute approximate surface area is 94.3 Å². The van der Waals surface area contributed by atoms with Gasteiger partial charge in [0.15, 0.2) is 0 Å². The molecule has 1 aromatic heterocycles. The van der Waals surface area contributed by atoms with Crippen molar-refractivity contribution in [2.24, 2.45) is 0 Å². The molecule has 0 amide bonds. The number of hydrogen-bond acceptors (Lipinski definition) is 1. The predicted octanol–water partition coefficient (Wildman–Crippen LogP) is 3.41. The topological polar surface area (TPSA) is 12.9 Å². The molecule has 0 N–H and O–H groups in total. The van der Waals surface area contributed by atoms with Crippen LogP contribution in [0.2, 0.25) is 0 Å². The summed E-state index contributed by atoms with van der Waals surface area (Å²) in [7, 11) is 0. The Hall–Kier alpha value is 0.610. The van der Waals surface area contributed by atoms with Gasteiger partial charge in [0.1, 0.15) is 3.70 Å². The second-order valence-electron chi connectivity index (χ2n) is 2.70. The highest BCUT2D eigenvalue weighted by Crippen LogP contribution is 2.18. The van der Waals surface area contributed by atoms with E-state index in [9.17, 15) is 0 Å². The molecule has 0 fully saturated rings.